The number of aryl methyl sites for hydroxylation is 1. The van der Waals surface area contributed by atoms with Gasteiger partial charge in [-0.2, -0.15) is 0 Å². The quantitative estimate of drug-likeness (QED) is 0.267. The van der Waals surface area contributed by atoms with Crippen molar-refractivity contribution in [1.29, 1.82) is 0 Å². The van der Waals surface area contributed by atoms with Gasteiger partial charge in [0.15, 0.2) is 0 Å². The third kappa shape index (κ3) is 9.46. The van der Waals surface area contributed by atoms with E-state index < -0.39 is 11.9 Å². The highest BCUT2D eigenvalue weighted by Crippen LogP contribution is 2.36. The molecule has 2 saturated heterocycles. The molecule has 1 amide bonds. The number of likely N-dealkylation sites (tertiary alicyclic amines) is 2. The lowest BCUT2D eigenvalue weighted by Crippen LogP contribution is -2.35. The van der Waals surface area contributed by atoms with Gasteiger partial charge in [0.1, 0.15) is 5.82 Å². The molecule has 2 aliphatic rings. The molecule has 232 valence electrons. The predicted molar refractivity (Wildman–Crippen MR) is 171 cm³/mol. The van der Waals surface area contributed by atoms with Crippen molar-refractivity contribution in [2.24, 2.45) is 0 Å². The molecule has 0 spiro atoms. The Morgan fingerprint density at radius 3 is 2.09 bits per heavy atom. The van der Waals surface area contributed by atoms with Gasteiger partial charge in [0.05, 0.1) is 0 Å². The van der Waals surface area contributed by atoms with E-state index in [4.69, 9.17) is 10.2 Å². The first-order valence-corrected chi connectivity index (χ1v) is 15.9. The number of nitrogens with zero attached hydrogens (tertiary/aromatic N) is 2. The number of benzene rings is 2. The average molecular weight is 619 g/mol. The van der Waals surface area contributed by atoms with E-state index in [9.17, 15) is 18.8 Å². The molecule has 0 unspecified atom stereocenters. The first kappa shape index (κ1) is 32.8. The molecule has 2 N–H and O–H groups in total. The first-order valence-electron chi connectivity index (χ1n) is 15.0. The van der Waals surface area contributed by atoms with Gasteiger partial charge < -0.3 is 15.1 Å². The third-order valence-corrected chi connectivity index (χ3v) is 8.84. The Morgan fingerprint density at radius 1 is 0.841 bits per heavy atom. The molecule has 0 atom stereocenters. The minimum Gasteiger partial charge on any atom is -0.478 e. The highest BCUT2D eigenvalue weighted by molar-refractivity contribution is 7.11. The summed E-state index contributed by atoms with van der Waals surface area (Å²) in [6.45, 7) is 6.77. The number of carbonyl (C=O) groups excluding carboxylic acids is 1. The number of amides is 1. The molecule has 0 saturated carbocycles. The van der Waals surface area contributed by atoms with Gasteiger partial charge in [-0.3, -0.25) is 9.69 Å². The Hall–Kier alpha value is -4.08. The topological polar surface area (TPSA) is 98.2 Å². The Balaban J connectivity index is 0.000000488. The van der Waals surface area contributed by atoms with Crippen LogP contribution in [0.5, 0.6) is 0 Å². The number of carbonyl (C=O) groups is 3. The summed E-state index contributed by atoms with van der Waals surface area (Å²) >= 11 is 1.79. The summed E-state index contributed by atoms with van der Waals surface area (Å²) in [7, 11) is 0. The number of piperidine rings is 2. The SMILES string of the molecule is CCc1csc(C(=C2CCN(Cc3cccc(C(=O)N4CCCCC4)c3)CC2)c2ccc(F)cc2)c1.O=C(O)C=CC(=O)O. The van der Waals surface area contributed by atoms with Crippen molar-refractivity contribution in [1.82, 2.24) is 9.80 Å². The molecule has 2 fully saturated rings. The van der Waals surface area contributed by atoms with Crippen molar-refractivity contribution in [3.05, 3.63) is 111 Å². The summed E-state index contributed by atoms with van der Waals surface area (Å²) in [5.41, 5.74) is 7.22. The summed E-state index contributed by atoms with van der Waals surface area (Å²) in [5.74, 6) is -2.54. The number of halogens is 1. The van der Waals surface area contributed by atoms with Gasteiger partial charge in [-0.25, -0.2) is 14.0 Å². The van der Waals surface area contributed by atoms with Crippen LogP contribution in [0.25, 0.3) is 5.57 Å². The van der Waals surface area contributed by atoms with Gasteiger partial charge in [-0.05, 0) is 96.5 Å². The number of hydrogen-bond acceptors (Lipinski definition) is 5. The van der Waals surface area contributed by atoms with Crippen LogP contribution in [-0.2, 0) is 22.6 Å². The van der Waals surface area contributed by atoms with Gasteiger partial charge >= 0.3 is 11.9 Å². The Kier molecular flexibility index (Phi) is 12.0. The summed E-state index contributed by atoms with van der Waals surface area (Å²) < 4.78 is 13.7. The maximum atomic E-state index is 13.7. The standard InChI is InChI=1S/C31H35FN2OS.C4H4O4/c1-2-23-20-29(36-22-23)30(25-9-11-28(32)12-10-25)26-13-17-33(18-14-26)21-24-7-6-8-27(19-24)31(35)34-15-4-3-5-16-34;5-3(6)1-2-4(7)8/h6-12,19-20,22H,2-5,13-18,21H2,1H3;1-2H,(H,5,6)(H,7,8). The minimum atomic E-state index is -1.26. The summed E-state index contributed by atoms with van der Waals surface area (Å²) in [5, 5.41) is 17.9. The largest absolute Gasteiger partial charge is 0.478 e. The fourth-order valence-electron chi connectivity index (χ4n) is 5.54. The van der Waals surface area contributed by atoms with E-state index in [-0.39, 0.29) is 11.7 Å². The predicted octanol–water partition coefficient (Wildman–Crippen LogP) is 6.89. The van der Waals surface area contributed by atoms with Crippen LogP contribution in [0.2, 0.25) is 0 Å². The lowest BCUT2D eigenvalue weighted by molar-refractivity contribution is -0.134. The van der Waals surface area contributed by atoms with Crippen molar-refractivity contribution < 1.29 is 29.0 Å². The van der Waals surface area contributed by atoms with E-state index in [0.717, 1.165) is 76.0 Å². The lowest BCUT2D eigenvalue weighted by Gasteiger charge is -2.30. The second-order valence-electron chi connectivity index (χ2n) is 11.0. The van der Waals surface area contributed by atoms with Gasteiger partial charge in [0.2, 0.25) is 0 Å². The molecule has 2 aliphatic heterocycles. The first-order chi connectivity index (χ1) is 21.2. The Bertz CT molecular complexity index is 1480. The van der Waals surface area contributed by atoms with Crippen molar-refractivity contribution in [2.75, 3.05) is 26.2 Å². The molecule has 3 heterocycles. The van der Waals surface area contributed by atoms with Crippen LogP contribution in [0.4, 0.5) is 4.39 Å². The van der Waals surface area contributed by atoms with E-state index >= 15 is 0 Å². The van der Waals surface area contributed by atoms with Crippen LogP contribution < -0.4 is 0 Å². The molecule has 2 aromatic carbocycles. The molecular weight excluding hydrogens is 579 g/mol. The minimum absolute atomic E-state index is 0.173. The fourth-order valence-corrected chi connectivity index (χ4v) is 6.66. The third-order valence-electron chi connectivity index (χ3n) is 7.85. The van der Waals surface area contributed by atoms with Crippen LogP contribution in [0.1, 0.15) is 71.0 Å². The smallest absolute Gasteiger partial charge is 0.328 e. The van der Waals surface area contributed by atoms with E-state index in [1.807, 2.05) is 29.2 Å². The summed E-state index contributed by atoms with van der Waals surface area (Å²) in [4.78, 5) is 37.8. The maximum Gasteiger partial charge on any atom is 0.328 e. The highest BCUT2D eigenvalue weighted by Gasteiger charge is 2.22. The second-order valence-corrected chi connectivity index (χ2v) is 11.9. The number of carboxylic acids is 2. The van der Waals surface area contributed by atoms with Gasteiger partial charge in [0.25, 0.3) is 5.91 Å². The number of hydrogen-bond donors (Lipinski definition) is 2. The molecule has 9 heteroatoms. The molecule has 0 bridgehead atoms. The van der Waals surface area contributed by atoms with Crippen LogP contribution in [0.15, 0.2) is 77.7 Å². The van der Waals surface area contributed by atoms with Crippen molar-refractivity contribution in [2.45, 2.75) is 52.0 Å². The van der Waals surface area contributed by atoms with Gasteiger partial charge in [-0.1, -0.05) is 36.8 Å². The molecule has 3 aromatic rings. The zero-order chi connectivity index (χ0) is 31.5. The zero-order valence-corrected chi connectivity index (χ0v) is 25.8. The van der Waals surface area contributed by atoms with Crippen LogP contribution >= 0.6 is 11.3 Å². The molecular formula is C35H39FN2O5S. The van der Waals surface area contributed by atoms with Crippen LogP contribution in [0.3, 0.4) is 0 Å². The zero-order valence-electron chi connectivity index (χ0n) is 25.0. The maximum absolute atomic E-state index is 13.7. The lowest BCUT2D eigenvalue weighted by atomic mass is 9.91. The average Bonchev–Trinajstić information content (AvgIpc) is 3.51. The molecule has 0 radical (unpaired) electrons. The molecule has 0 aliphatic carbocycles. The number of thiophene rings is 1. The summed E-state index contributed by atoms with van der Waals surface area (Å²) in [6, 6.07) is 17.5. The normalized spacial score (nSPS) is 15.5. The van der Waals surface area contributed by atoms with Crippen LogP contribution in [-0.4, -0.2) is 64.0 Å². The van der Waals surface area contributed by atoms with E-state index in [2.05, 4.69) is 35.4 Å². The number of carboxylic acid groups (broad SMARTS) is 2. The molecule has 1 aromatic heterocycles. The van der Waals surface area contributed by atoms with E-state index in [0.29, 0.717) is 12.2 Å². The van der Waals surface area contributed by atoms with Crippen LogP contribution in [0, 0.1) is 5.82 Å². The number of aliphatic carboxylic acids is 2. The molecule has 44 heavy (non-hydrogen) atoms. The fraction of sp³-hybridized carbons (Fsp3) is 0.343. The van der Waals surface area contributed by atoms with E-state index in [1.54, 1.807) is 23.5 Å². The summed E-state index contributed by atoms with van der Waals surface area (Å²) in [6.07, 6.45) is 7.59. The Morgan fingerprint density at radius 2 is 1.50 bits per heavy atom. The monoisotopic (exact) mass is 618 g/mol. The highest BCUT2D eigenvalue weighted by atomic mass is 32.1. The van der Waals surface area contributed by atoms with Gasteiger partial charge in [-0.15, -0.1) is 11.3 Å². The van der Waals surface area contributed by atoms with E-state index in [1.165, 1.54) is 33.6 Å². The van der Waals surface area contributed by atoms with Gasteiger partial charge in [0, 0.05) is 55.3 Å². The molecule has 5 rings (SSSR count). The number of rotatable bonds is 8. The van der Waals surface area contributed by atoms with Crippen molar-refractivity contribution in [3.63, 3.8) is 0 Å². The van der Waals surface area contributed by atoms with Crippen molar-refractivity contribution in [3.8, 4) is 0 Å². The molecule has 7 nitrogen and oxygen atoms in total. The Labute approximate surface area is 261 Å². The van der Waals surface area contributed by atoms with Crippen molar-refractivity contribution >= 4 is 34.8 Å². The second kappa shape index (κ2) is 16.1.